The van der Waals surface area contributed by atoms with E-state index in [0.29, 0.717) is 5.56 Å². The fourth-order valence-corrected chi connectivity index (χ4v) is 1.51. The Morgan fingerprint density at radius 1 is 1.33 bits per heavy atom. The molecular weight excluding hydrogens is 188 g/mol. The highest BCUT2D eigenvalue weighted by Gasteiger charge is 2.08. The molecule has 0 bridgehead atoms. The number of rotatable bonds is 2. The van der Waals surface area contributed by atoms with Crippen molar-refractivity contribution in [1.29, 1.82) is 5.26 Å². The maximum atomic E-state index is 11.6. The van der Waals surface area contributed by atoms with Gasteiger partial charge in [0.2, 0.25) is 0 Å². The van der Waals surface area contributed by atoms with E-state index >= 15 is 0 Å². The molecule has 0 saturated heterocycles. The number of hydrogen-bond acceptors (Lipinski definition) is 3. The number of pyridine rings is 1. The third-order valence-electron chi connectivity index (χ3n) is 2.19. The van der Waals surface area contributed by atoms with Crippen LogP contribution in [0.15, 0.2) is 36.5 Å². The molecular formula is C12H8N2O. The van der Waals surface area contributed by atoms with Crippen molar-refractivity contribution >= 4 is 16.7 Å². The predicted octanol–water partition coefficient (Wildman–Crippen LogP) is 2.33. The second-order valence-corrected chi connectivity index (χ2v) is 3.13. The van der Waals surface area contributed by atoms with Crippen LogP contribution in [0, 0.1) is 11.3 Å². The lowest BCUT2D eigenvalue weighted by Gasteiger charge is -2.01. The molecule has 3 nitrogen and oxygen atoms in total. The fraction of sp³-hybridized carbons (Fsp3) is 0.0833. The fourth-order valence-electron chi connectivity index (χ4n) is 1.51. The van der Waals surface area contributed by atoms with E-state index in [1.54, 1.807) is 12.3 Å². The van der Waals surface area contributed by atoms with Gasteiger partial charge in [-0.25, -0.2) is 0 Å². The Morgan fingerprint density at radius 3 is 2.93 bits per heavy atom. The van der Waals surface area contributed by atoms with Crippen LogP contribution < -0.4 is 0 Å². The summed E-state index contributed by atoms with van der Waals surface area (Å²) < 4.78 is 0. The summed E-state index contributed by atoms with van der Waals surface area (Å²) in [5.74, 6) is -0.156. The molecule has 3 heteroatoms. The number of Topliss-reactive ketones (excluding diaryl/α,β-unsaturated/α-hetero) is 1. The van der Waals surface area contributed by atoms with Crippen molar-refractivity contribution < 1.29 is 4.79 Å². The van der Waals surface area contributed by atoms with Crippen LogP contribution in [-0.4, -0.2) is 10.8 Å². The Labute approximate surface area is 87.0 Å². The van der Waals surface area contributed by atoms with Gasteiger partial charge in [-0.05, 0) is 12.1 Å². The largest absolute Gasteiger partial charge is 0.293 e. The van der Waals surface area contributed by atoms with Gasteiger partial charge in [-0.3, -0.25) is 9.78 Å². The molecule has 0 amide bonds. The summed E-state index contributed by atoms with van der Waals surface area (Å²) in [5.41, 5.74) is 1.35. The first-order valence-electron chi connectivity index (χ1n) is 4.57. The van der Waals surface area contributed by atoms with Crippen molar-refractivity contribution in [3.8, 4) is 6.07 Å². The monoisotopic (exact) mass is 196 g/mol. The summed E-state index contributed by atoms with van der Waals surface area (Å²) in [6.07, 6.45) is 1.50. The summed E-state index contributed by atoms with van der Waals surface area (Å²) in [4.78, 5) is 15.8. The van der Waals surface area contributed by atoms with Crippen LogP contribution in [0.3, 0.4) is 0 Å². The summed E-state index contributed by atoms with van der Waals surface area (Å²) in [6.45, 7) is 0. The van der Waals surface area contributed by atoms with E-state index in [-0.39, 0.29) is 12.2 Å². The summed E-state index contributed by atoms with van der Waals surface area (Å²) >= 11 is 0. The van der Waals surface area contributed by atoms with E-state index in [0.717, 1.165) is 10.9 Å². The van der Waals surface area contributed by atoms with Gasteiger partial charge in [0.15, 0.2) is 5.78 Å². The maximum Gasteiger partial charge on any atom is 0.177 e. The number of aromatic nitrogens is 1. The molecule has 0 aliphatic carbocycles. The molecule has 0 unspecified atom stereocenters. The highest BCUT2D eigenvalue weighted by Crippen LogP contribution is 2.17. The summed E-state index contributed by atoms with van der Waals surface area (Å²) in [6, 6.07) is 10.9. The van der Waals surface area contributed by atoms with Crippen LogP contribution >= 0.6 is 0 Å². The van der Waals surface area contributed by atoms with Crippen LogP contribution in [0.1, 0.15) is 16.8 Å². The van der Waals surface area contributed by atoms with Gasteiger partial charge in [0.25, 0.3) is 0 Å². The Hall–Kier alpha value is -2.21. The van der Waals surface area contributed by atoms with Gasteiger partial charge >= 0.3 is 0 Å². The number of nitriles is 1. The molecule has 0 radical (unpaired) electrons. The second-order valence-electron chi connectivity index (χ2n) is 3.13. The lowest BCUT2D eigenvalue weighted by atomic mass is 10.0. The quantitative estimate of drug-likeness (QED) is 0.692. The number of carbonyl (C=O) groups excluding carboxylic acids is 1. The SMILES string of the molecule is N#CCC(=O)c1ccnc2ccccc12. The Kier molecular flexibility index (Phi) is 2.42. The molecule has 0 saturated carbocycles. The zero-order valence-electron chi connectivity index (χ0n) is 7.97. The van der Waals surface area contributed by atoms with Gasteiger partial charge in [0.05, 0.1) is 18.0 Å². The first-order chi connectivity index (χ1) is 7.33. The van der Waals surface area contributed by atoms with Crippen molar-refractivity contribution in [3.63, 3.8) is 0 Å². The molecule has 0 spiro atoms. The highest BCUT2D eigenvalue weighted by atomic mass is 16.1. The van der Waals surface area contributed by atoms with Gasteiger partial charge in [0.1, 0.15) is 0 Å². The third kappa shape index (κ3) is 1.70. The van der Waals surface area contributed by atoms with Crippen LogP contribution in [0.25, 0.3) is 10.9 Å². The van der Waals surface area contributed by atoms with Gasteiger partial charge in [0, 0.05) is 17.1 Å². The predicted molar refractivity (Wildman–Crippen MR) is 56.3 cm³/mol. The van der Waals surface area contributed by atoms with E-state index in [1.807, 2.05) is 30.3 Å². The second kappa shape index (κ2) is 3.89. The summed E-state index contributed by atoms with van der Waals surface area (Å²) in [5, 5.41) is 9.29. The zero-order valence-corrected chi connectivity index (χ0v) is 7.97. The standard InChI is InChI=1S/C12H8N2O/c13-7-5-12(15)10-6-8-14-11-4-2-1-3-9(10)11/h1-4,6,8H,5H2. The molecule has 72 valence electrons. The van der Waals surface area contributed by atoms with E-state index in [1.165, 1.54) is 0 Å². The van der Waals surface area contributed by atoms with Gasteiger partial charge in [-0.1, -0.05) is 18.2 Å². The summed E-state index contributed by atoms with van der Waals surface area (Å²) in [7, 11) is 0. The molecule has 0 aliphatic heterocycles. The smallest absolute Gasteiger partial charge is 0.177 e. The number of hydrogen-bond donors (Lipinski definition) is 0. The molecule has 0 fully saturated rings. The van der Waals surface area contributed by atoms with Gasteiger partial charge in [-0.15, -0.1) is 0 Å². The van der Waals surface area contributed by atoms with E-state index < -0.39 is 0 Å². The number of nitrogens with zero attached hydrogens (tertiary/aromatic N) is 2. The molecule has 2 aromatic rings. The first-order valence-corrected chi connectivity index (χ1v) is 4.57. The van der Waals surface area contributed by atoms with Crippen LogP contribution in [0.4, 0.5) is 0 Å². The van der Waals surface area contributed by atoms with Crippen LogP contribution in [0.2, 0.25) is 0 Å². The third-order valence-corrected chi connectivity index (χ3v) is 2.19. The normalized spacial score (nSPS) is 9.80. The minimum Gasteiger partial charge on any atom is -0.293 e. The highest BCUT2D eigenvalue weighted by molar-refractivity contribution is 6.07. The zero-order chi connectivity index (χ0) is 10.7. The van der Waals surface area contributed by atoms with E-state index in [2.05, 4.69) is 4.98 Å². The van der Waals surface area contributed by atoms with Crippen molar-refractivity contribution in [3.05, 3.63) is 42.1 Å². The Morgan fingerprint density at radius 2 is 2.13 bits per heavy atom. The molecule has 0 N–H and O–H groups in total. The average molecular weight is 196 g/mol. The minimum absolute atomic E-state index is 0.0893. The van der Waals surface area contributed by atoms with Crippen LogP contribution in [0.5, 0.6) is 0 Å². The maximum absolute atomic E-state index is 11.6. The average Bonchev–Trinajstić information content (AvgIpc) is 2.28. The molecule has 2 rings (SSSR count). The first kappa shape index (κ1) is 9.35. The molecule has 1 heterocycles. The number of fused-ring (bicyclic) bond motifs is 1. The lowest BCUT2D eigenvalue weighted by Crippen LogP contribution is -1.98. The molecule has 0 aliphatic rings. The number of benzene rings is 1. The molecule has 0 atom stereocenters. The van der Waals surface area contributed by atoms with Crippen molar-refractivity contribution in [2.24, 2.45) is 0 Å². The van der Waals surface area contributed by atoms with Crippen molar-refractivity contribution in [1.82, 2.24) is 4.98 Å². The number of ketones is 1. The van der Waals surface area contributed by atoms with E-state index in [4.69, 9.17) is 5.26 Å². The molecule has 15 heavy (non-hydrogen) atoms. The van der Waals surface area contributed by atoms with Crippen LogP contribution in [-0.2, 0) is 0 Å². The minimum atomic E-state index is -0.156. The van der Waals surface area contributed by atoms with Crippen molar-refractivity contribution in [2.75, 3.05) is 0 Å². The number of para-hydroxylation sites is 1. The van der Waals surface area contributed by atoms with E-state index in [9.17, 15) is 4.79 Å². The Bertz CT molecular complexity index is 550. The van der Waals surface area contributed by atoms with Gasteiger partial charge in [-0.2, -0.15) is 5.26 Å². The number of carbonyl (C=O) groups is 1. The van der Waals surface area contributed by atoms with Gasteiger partial charge < -0.3 is 0 Å². The molecule has 1 aromatic carbocycles. The molecule has 1 aromatic heterocycles. The lowest BCUT2D eigenvalue weighted by molar-refractivity contribution is 0.0999. The van der Waals surface area contributed by atoms with Crippen molar-refractivity contribution in [2.45, 2.75) is 6.42 Å². The topological polar surface area (TPSA) is 53.8 Å². The Balaban J connectivity index is 2.62.